The highest BCUT2D eigenvalue weighted by atomic mass is 79.9. The van der Waals surface area contributed by atoms with E-state index >= 15 is 0 Å². The molecule has 0 radical (unpaired) electrons. The molecule has 5 rings (SSSR count). The highest BCUT2D eigenvalue weighted by Gasteiger charge is 2.19. The summed E-state index contributed by atoms with van der Waals surface area (Å²) < 4.78 is 2.75. The number of fused-ring (bicyclic) bond motifs is 2. The molecule has 0 saturated carbocycles. The van der Waals surface area contributed by atoms with Gasteiger partial charge in [-0.3, -0.25) is 4.79 Å². The van der Waals surface area contributed by atoms with Gasteiger partial charge in [-0.1, -0.05) is 63.9 Å². The highest BCUT2D eigenvalue weighted by Crippen LogP contribution is 2.41. The first-order valence-electron chi connectivity index (χ1n) is 9.35. The van der Waals surface area contributed by atoms with Crippen molar-refractivity contribution in [1.29, 1.82) is 0 Å². The molecule has 0 aliphatic carbocycles. The van der Waals surface area contributed by atoms with Crippen LogP contribution in [0.1, 0.15) is 10.4 Å². The molecule has 1 aromatic heterocycles. The van der Waals surface area contributed by atoms with Gasteiger partial charge in [0, 0.05) is 30.5 Å². The van der Waals surface area contributed by atoms with E-state index in [0.717, 1.165) is 40.5 Å². The number of rotatable bonds is 3. The van der Waals surface area contributed by atoms with Crippen LogP contribution in [-0.4, -0.2) is 10.9 Å². The lowest BCUT2D eigenvalue weighted by Crippen LogP contribution is -2.13. The van der Waals surface area contributed by atoms with Crippen molar-refractivity contribution in [2.24, 2.45) is 0 Å². The number of aromatic nitrogens is 1. The minimum absolute atomic E-state index is 0.210. The third-order valence-corrected chi connectivity index (χ3v) is 7.41. The lowest BCUT2D eigenvalue weighted by atomic mass is 10.0. The molecule has 0 bridgehead atoms. The van der Waals surface area contributed by atoms with Crippen molar-refractivity contribution in [3.63, 3.8) is 0 Å². The van der Waals surface area contributed by atoms with E-state index in [1.165, 1.54) is 0 Å². The van der Waals surface area contributed by atoms with E-state index in [0.29, 0.717) is 16.3 Å². The minimum Gasteiger partial charge on any atom is -0.320 e. The van der Waals surface area contributed by atoms with Crippen LogP contribution in [-0.2, 0) is 0 Å². The summed E-state index contributed by atoms with van der Waals surface area (Å²) in [6.07, 6.45) is 0. The van der Waals surface area contributed by atoms with Crippen molar-refractivity contribution in [2.75, 3.05) is 5.32 Å². The standard InChI is InChI=1S/C24H13Br2ClN2OS/c25-13-11-17(24-28-20-9-1-2-10-21(20)31-24)22(18(26)12-13)29-23(30)16-7-3-6-15-14(16)5-4-8-19(15)27/h1-12H,(H,29,30). The number of halogens is 3. The highest BCUT2D eigenvalue weighted by molar-refractivity contribution is 9.11. The number of carbonyl (C=O) groups excluding carboxylic acids is 1. The number of carbonyl (C=O) groups is 1. The SMILES string of the molecule is O=C(Nc1c(Br)cc(Br)cc1-c1nc2ccccc2s1)c1cccc2c(Cl)cccc12. The first-order chi connectivity index (χ1) is 15.0. The van der Waals surface area contributed by atoms with Crippen molar-refractivity contribution in [1.82, 2.24) is 4.98 Å². The monoisotopic (exact) mass is 570 g/mol. The third-order valence-electron chi connectivity index (χ3n) is 4.93. The quantitative estimate of drug-likeness (QED) is 0.235. The predicted octanol–water partition coefficient (Wildman–Crippen LogP) is 8.55. The van der Waals surface area contributed by atoms with Crippen LogP contribution in [0.5, 0.6) is 0 Å². The second kappa shape index (κ2) is 8.36. The Kier molecular flexibility index (Phi) is 5.56. The van der Waals surface area contributed by atoms with E-state index in [2.05, 4.69) is 37.2 Å². The van der Waals surface area contributed by atoms with Crippen molar-refractivity contribution in [3.05, 3.63) is 92.3 Å². The summed E-state index contributed by atoms with van der Waals surface area (Å²) in [4.78, 5) is 18.1. The van der Waals surface area contributed by atoms with Crippen LogP contribution in [0.3, 0.4) is 0 Å². The Labute approximate surface area is 204 Å². The molecular weight excluding hydrogens is 560 g/mol. The summed E-state index contributed by atoms with van der Waals surface area (Å²) in [5.41, 5.74) is 3.00. The van der Waals surface area contributed by atoms with Gasteiger partial charge in [0.1, 0.15) is 5.01 Å². The number of thiazole rings is 1. The number of hydrogen-bond acceptors (Lipinski definition) is 3. The van der Waals surface area contributed by atoms with Crippen LogP contribution < -0.4 is 5.32 Å². The fourth-order valence-corrected chi connectivity index (χ4v) is 6.06. The number of anilines is 1. The van der Waals surface area contributed by atoms with Crippen LogP contribution in [0, 0.1) is 0 Å². The van der Waals surface area contributed by atoms with Crippen molar-refractivity contribution >= 4 is 87.4 Å². The normalized spacial score (nSPS) is 11.2. The molecule has 152 valence electrons. The smallest absolute Gasteiger partial charge is 0.256 e. The molecule has 3 nitrogen and oxygen atoms in total. The lowest BCUT2D eigenvalue weighted by molar-refractivity contribution is 0.102. The number of hydrogen-bond donors (Lipinski definition) is 1. The van der Waals surface area contributed by atoms with Gasteiger partial charge in [0.2, 0.25) is 0 Å². The lowest BCUT2D eigenvalue weighted by Gasteiger charge is -2.14. The predicted molar refractivity (Wildman–Crippen MR) is 137 cm³/mol. The molecular formula is C24H13Br2ClN2OS. The van der Waals surface area contributed by atoms with E-state index < -0.39 is 0 Å². The Morgan fingerprint density at radius 3 is 2.55 bits per heavy atom. The zero-order valence-corrected chi connectivity index (χ0v) is 20.6. The summed E-state index contributed by atoms with van der Waals surface area (Å²) in [6.45, 7) is 0. The Morgan fingerprint density at radius 2 is 1.71 bits per heavy atom. The minimum atomic E-state index is -0.210. The van der Waals surface area contributed by atoms with Gasteiger partial charge in [0.05, 0.1) is 15.9 Å². The fraction of sp³-hybridized carbons (Fsp3) is 0. The molecule has 0 atom stereocenters. The second-order valence-electron chi connectivity index (χ2n) is 6.89. The molecule has 0 spiro atoms. The van der Waals surface area contributed by atoms with E-state index in [1.54, 1.807) is 17.4 Å². The average molecular weight is 573 g/mol. The van der Waals surface area contributed by atoms with E-state index in [-0.39, 0.29) is 5.91 Å². The van der Waals surface area contributed by atoms with Crippen LogP contribution in [0.4, 0.5) is 5.69 Å². The van der Waals surface area contributed by atoms with Gasteiger partial charge in [-0.25, -0.2) is 4.98 Å². The van der Waals surface area contributed by atoms with Gasteiger partial charge in [-0.15, -0.1) is 11.3 Å². The summed E-state index contributed by atoms with van der Waals surface area (Å²) in [5.74, 6) is -0.210. The molecule has 0 aliphatic heterocycles. The maximum atomic E-state index is 13.3. The molecule has 31 heavy (non-hydrogen) atoms. The zero-order valence-electron chi connectivity index (χ0n) is 15.8. The Morgan fingerprint density at radius 1 is 0.935 bits per heavy atom. The molecule has 0 unspecified atom stereocenters. The van der Waals surface area contributed by atoms with Crippen molar-refractivity contribution in [2.45, 2.75) is 0 Å². The van der Waals surface area contributed by atoms with Crippen LogP contribution in [0.25, 0.3) is 31.6 Å². The third kappa shape index (κ3) is 3.89. The summed E-state index contributed by atoms with van der Waals surface area (Å²) in [6, 6.07) is 23.0. The number of nitrogens with zero attached hydrogens (tertiary/aromatic N) is 1. The zero-order chi connectivity index (χ0) is 21.5. The molecule has 5 aromatic rings. The molecule has 1 amide bonds. The fourth-order valence-electron chi connectivity index (χ4n) is 3.51. The van der Waals surface area contributed by atoms with Gasteiger partial charge in [-0.05, 0) is 57.7 Å². The summed E-state index contributed by atoms with van der Waals surface area (Å²) in [5, 5.41) is 6.20. The van der Waals surface area contributed by atoms with Crippen LogP contribution >= 0.6 is 54.8 Å². The van der Waals surface area contributed by atoms with Gasteiger partial charge >= 0.3 is 0 Å². The topological polar surface area (TPSA) is 42.0 Å². The number of para-hydroxylation sites is 1. The van der Waals surface area contributed by atoms with Crippen molar-refractivity contribution < 1.29 is 4.79 Å². The summed E-state index contributed by atoms with van der Waals surface area (Å²) >= 11 is 15.1. The Balaban J connectivity index is 1.62. The molecule has 7 heteroatoms. The number of nitrogens with one attached hydrogen (secondary N) is 1. The van der Waals surface area contributed by atoms with Crippen molar-refractivity contribution in [3.8, 4) is 10.6 Å². The van der Waals surface area contributed by atoms with Gasteiger partial charge in [-0.2, -0.15) is 0 Å². The second-order valence-corrected chi connectivity index (χ2v) is 10.1. The first-order valence-corrected chi connectivity index (χ1v) is 12.1. The summed E-state index contributed by atoms with van der Waals surface area (Å²) in [7, 11) is 0. The van der Waals surface area contributed by atoms with E-state index in [4.69, 9.17) is 16.6 Å². The van der Waals surface area contributed by atoms with Crippen LogP contribution in [0.2, 0.25) is 5.02 Å². The maximum absolute atomic E-state index is 13.3. The molecule has 0 saturated heterocycles. The van der Waals surface area contributed by atoms with Gasteiger partial charge < -0.3 is 5.32 Å². The molecule has 0 aliphatic rings. The first kappa shape index (κ1) is 20.6. The van der Waals surface area contributed by atoms with Crippen LogP contribution in [0.15, 0.2) is 81.7 Å². The average Bonchev–Trinajstić information content (AvgIpc) is 3.19. The van der Waals surface area contributed by atoms with Gasteiger partial charge in [0.15, 0.2) is 0 Å². The van der Waals surface area contributed by atoms with E-state index in [1.807, 2.05) is 66.7 Å². The molecule has 0 fully saturated rings. The Hall–Kier alpha value is -2.25. The molecule has 1 heterocycles. The van der Waals surface area contributed by atoms with E-state index in [9.17, 15) is 4.79 Å². The largest absolute Gasteiger partial charge is 0.320 e. The molecule has 1 N–H and O–H groups in total. The number of amides is 1. The number of benzene rings is 4. The molecule has 4 aromatic carbocycles. The maximum Gasteiger partial charge on any atom is 0.256 e. The van der Waals surface area contributed by atoms with Gasteiger partial charge in [0.25, 0.3) is 5.91 Å². The Bertz CT molecular complexity index is 1450.